The first-order chi connectivity index (χ1) is 9.31. The summed E-state index contributed by atoms with van der Waals surface area (Å²) in [4.78, 5) is 13.4. The number of hydrogen-bond acceptors (Lipinski definition) is 5. The molecule has 1 aromatic rings. The first-order valence-corrected chi connectivity index (χ1v) is 6.68. The van der Waals surface area contributed by atoms with Crippen molar-refractivity contribution in [2.24, 2.45) is 10.7 Å². The predicted octanol–water partition coefficient (Wildman–Crippen LogP) is 0.800. The smallest absolute Gasteiger partial charge is 0.127 e. The van der Waals surface area contributed by atoms with E-state index in [-0.39, 0.29) is 0 Å². The van der Waals surface area contributed by atoms with E-state index in [9.17, 15) is 0 Å². The molecular weight excluding hydrogens is 238 g/mol. The zero-order valence-corrected chi connectivity index (χ0v) is 10.9. The van der Waals surface area contributed by atoms with Crippen LogP contribution >= 0.6 is 0 Å². The molecule has 2 N–H and O–H groups in total. The van der Waals surface area contributed by atoms with Crippen molar-refractivity contribution >= 4 is 5.84 Å². The molecule has 2 aliphatic heterocycles. The summed E-state index contributed by atoms with van der Waals surface area (Å²) < 4.78 is 0. The number of pyridine rings is 1. The van der Waals surface area contributed by atoms with Crippen molar-refractivity contribution < 1.29 is 0 Å². The van der Waals surface area contributed by atoms with Crippen molar-refractivity contribution in [2.75, 3.05) is 19.8 Å². The van der Waals surface area contributed by atoms with E-state index in [4.69, 9.17) is 5.73 Å². The minimum atomic E-state index is 0.294. The van der Waals surface area contributed by atoms with E-state index >= 15 is 0 Å². The van der Waals surface area contributed by atoms with E-state index in [1.165, 1.54) is 0 Å². The van der Waals surface area contributed by atoms with Crippen LogP contribution in [0.25, 0.3) is 0 Å². The van der Waals surface area contributed by atoms with Gasteiger partial charge in [0.05, 0.1) is 12.2 Å². The van der Waals surface area contributed by atoms with Crippen LogP contribution in [-0.2, 0) is 6.54 Å². The summed E-state index contributed by atoms with van der Waals surface area (Å²) >= 11 is 0. The maximum atomic E-state index is 5.92. The second kappa shape index (κ2) is 5.40. The lowest BCUT2D eigenvalue weighted by atomic mass is 10.3. The second-order valence-electron chi connectivity index (χ2n) is 5.04. The maximum Gasteiger partial charge on any atom is 0.127 e. The number of nitrogens with two attached hydrogens (primary N) is 1. The van der Waals surface area contributed by atoms with E-state index in [0.717, 1.165) is 37.6 Å². The molecule has 0 spiro atoms. The van der Waals surface area contributed by atoms with Crippen LogP contribution in [0.1, 0.15) is 12.1 Å². The third kappa shape index (κ3) is 2.93. The van der Waals surface area contributed by atoms with Crippen molar-refractivity contribution in [1.82, 2.24) is 14.8 Å². The summed E-state index contributed by atoms with van der Waals surface area (Å²) in [7, 11) is 0. The molecule has 0 unspecified atom stereocenters. The van der Waals surface area contributed by atoms with E-state index in [1.807, 2.05) is 24.4 Å². The van der Waals surface area contributed by atoms with Gasteiger partial charge in [0.1, 0.15) is 12.5 Å². The first kappa shape index (κ1) is 12.2. The minimum Gasteiger partial charge on any atom is -0.355 e. The second-order valence-corrected chi connectivity index (χ2v) is 5.04. The predicted molar refractivity (Wildman–Crippen MR) is 75.4 cm³/mol. The highest BCUT2D eigenvalue weighted by atomic mass is 15.3. The van der Waals surface area contributed by atoms with Gasteiger partial charge in [-0.3, -0.25) is 4.98 Å². The molecule has 5 nitrogen and oxygen atoms in total. The number of rotatable bonds is 2. The van der Waals surface area contributed by atoms with Crippen molar-refractivity contribution in [2.45, 2.75) is 19.0 Å². The Morgan fingerprint density at radius 2 is 2.32 bits per heavy atom. The third-order valence-corrected chi connectivity index (χ3v) is 3.49. The molecule has 3 rings (SSSR count). The third-order valence-electron chi connectivity index (χ3n) is 3.49. The Balaban J connectivity index is 1.57. The van der Waals surface area contributed by atoms with E-state index in [0.29, 0.717) is 12.7 Å². The van der Waals surface area contributed by atoms with Gasteiger partial charge in [-0.15, -0.1) is 0 Å². The SMILES string of the molecule is N[C@@H]1CCN(C2=NCN(Cc3ccccn3)C=C2)C1. The first-order valence-electron chi connectivity index (χ1n) is 6.68. The number of aromatic nitrogens is 1. The normalized spacial score (nSPS) is 22.8. The molecule has 0 amide bonds. The van der Waals surface area contributed by atoms with Gasteiger partial charge in [0.2, 0.25) is 0 Å². The fourth-order valence-corrected chi connectivity index (χ4v) is 2.44. The van der Waals surface area contributed by atoms with Gasteiger partial charge >= 0.3 is 0 Å². The molecule has 1 aromatic heterocycles. The van der Waals surface area contributed by atoms with Gasteiger partial charge in [0, 0.05) is 31.5 Å². The number of hydrogen-bond donors (Lipinski definition) is 1. The lowest BCUT2D eigenvalue weighted by Gasteiger charge is -2.25. The summed E-state index contributed by atoms with van der Waals surface area (Å²) in [6.07, 6.45) is 7.05. The van der Waals surface area contributed by atoms with Gasteiger partial charge in [-0.1, -0.05) is 6.07 Å². The summed E-state index contributed by atoms with van der Waals surface area (Å²) in [5.41, 5.74) is 6.99. The number of amidine groups is 1. The molecule has 0 radical (unpaired) electrons. The van der Waals surface area contributed by atoms with Crippen LogP contribution in [0.5, 0.6) is 0 Å². The number of likely N-dealkylation sites (tertiary alicyclic amines) is 1. The van der Waals surface area contributed by atoms with Gasteiger partial charge in [0.25, 0.3) is 0 Å². The van der Waals surface area contributed by atoms with Gasteiger partial charge in [-0.2, -0.15) is 0 Å². The lowest BCUT2D eigenvalue weighted by Crippen LogP contribution is -2.34. The van der Waals surface area contributed by atoms with Crippen LogP contribution < -0.4 is 5.73 Å². The van der Waals surface area contributed by atoms with Gasteiger partial charge < -0.3 is 15.5 Å². The van der Waals surface area contributed by atoms with Gasteiger partial charge in [-0.25, -0.2) is 4.99 Å². The van der Waals surface area contributed by atoms with Crippen LogP contribution in [0.3, 0.4) is 0 Å². The molecule has 19 heavy (non-hydrogen) atoms. The highest BCUT2D eigenvalue weighted by Crippen LogP contribution is 2.12. The lowest BCUT2D eigenvalue weighted by molar-refractivity contribution is 0.366. The van der Waals surface area contributed by atoms with E-state index in [1.54, 1.807) is 0 Å². The molecule has 5 heteroatoms. The minimum absolute atomic E-state index is 0.294. The molecule has 3 heterocycles. The number of nitrogens with zero attached hydrogens (tertiary/aromatic N) is 4. The van der Waals surface area contributed by atoms with Crippen molar-refractivity contribution in [3.8, 4) is 0 Å². The summed E-state index contributed by atoms with van der Waals surface area (Å²) in [5, 5.41) is 0. The zero-order chi connectivity index (χ0) is 13.1. The largest absolute Gasteiger partial charge is 0.355 e. The van der Waals surface area contributed by atoms with E-state index < -0.39 is 0 Å². The molecule has 0 saturated carbocycles. The Kier molecular flexibility index (Phi) is 3.46. The Labute approximate surface area is 113 Å². The van der Waals surface area contributed by atoms with Crippen LogP contribution in [0.2, 0.25) is 0 Å². The molecular formula is C14H19N5. The van der Waals surface area contributed by atoms with Crippen molar-refractivity contribution in [3.05, 3.63) is 42.4 Å². The molecule has 0 aliphatic carbocycles. The Bertz CT molecular complexity index is 482. The number of aliphatic imine (C=N–C) groups is 1. The summed E-state index contributed by atoms with van der Waals surface area (Å²) in [5.74, 6) is 1.06. The van der Waals surface area contributed by atoms with Crippen LogP contribution in [0, 0.1) is 0 Å². The fraction of sp³-hybridized carbons (Fsp3) is 0.429. The van der Waals surface area contributed by atoms with Gasteiger partial charge in [0.15, 0.2) is 0 Å². The summed E-state index contributed by atoms with van der Waals surface area (Å²) in [6, 6.07) is 6.27. The summed E-state index contributed by atoms with van der Waals surface area (Å²) in [6.45, 7) is 3.43. The average Bonchev–Trinajstić information content (AvgIpc) is 2.87. The monoisotopic (exact) mass is 257 g/mol. The highest BCUT2D eigenvalue weighted by Gasteiger charge is 2.22. The van der Waals surface area contributed by atoms with Crippen molar-refractivity contribution in [1.29, 1.82) is 0 Å². The standard InChI is InChI=1S/C14H19N5/c15-12-4-8-19(9-12)14-5-7-18(11-17-14)10-13-3-1-2-6-16-13/h1-3,5-7,12H,4,8-11,15H2/t12-/m1/s1. The quantitative estimate of drug-likeness (QED) is 0.851. The fourth-order valence-electron chi connectivity index (χ4n) is 2.44. The van der Waals surface area contributed by atoms with Crippen LogP contribution in [-0.4, -0.2) is 46.4 Å². The topological polar surface area (TPSA) is 57.8 Å². The Morgan fingerprint density at radius 1 is 1.37 bits per heavy atom. The Morgan fingerprint density at radius 3 is 2.95 bits per heavy atom. The molecule has 1 fully saturated rings. The molecule has 0 bridgehead atoms. The molecule has 1 atom stereocenters. The maximum absolute atomic E-state index is 5.92. The van der Waals surface area contributed by atoms with E-state index in [2.05, 4.69) is 32.1 Å². The average molecular weight is 257 g/mol. The molecule has 100 valence electrons. The molecule has 2 aliphatic rings. The van der Waals surface area contributed by atoms with Gasteiger partial charge in [-0.05, 0) is 24.6 Å². The van der Waals surface area contributed by atoms with Crippen molar-refractivity contribution in [3.63, 3.8) is 0 Å². The zero-order valence-electron chi connectivity index (χ0n) is 10.9. The molecule has 1 saturated heterocycles. The van der Waals surface area contributed by atoms with Crippen LogP contribution in [0.4, 0.5) is 0 Å². The Hall–Kier alpha value is -1.88. The highest BCUT2D eigenvalue weighted by molar-refractivity contribution is 5.93. The molecule has 0 aromatic carbocycles. The van der Waals surface area contributed by atoms with Crippen LogP contribution in [0.15, 0.2) is 41.7 Å².